The van der Waals surface area contributed by atoms with Crippen molar-refractivity contribution < 1.29 is 64.1 Å². The second kappa shape index (κ2) is 25.5. The molecule has 1 atom stereocenters. The molecule has 1 amide bonds. The van der Waals surface area contributed by atoms with Crippen LogP contribution in [-0.4, -0.2) is 69.8 Å². The maximum absolute atomic E-state index is 13.7. The van der Waals surface area contributed by atoms with Gasteiger partial charge in [-0.2, -0.15) is 0 Å². The highest BCUT2D eigenvalue weighted by molar-refractivity contribution is 6.14. The van der Waals surface area contributed by atoms with Crippen molar-refractivity contribution in [2.45, 2.75) is 26.3 Å². The van der Waals surface area contributed by atoms with Gasteiger partial charge >= 0.3 is 0 Å². The van der Waals surface area contributed by atoms with E-state index in [9.17, 15) is 9.18 Å². The van der Waals surface area contributed by atoms with E-state index in [4.69, 9.17) is 59.9 Å². The van der Waals surface area contributed by atoms with Crippen molar-refractivity contribution in [1.29, 1.82) is 0 Å². The summed E-state index contributed by atoms with van der Waals surface area (Å²) in [6, 6.07) is 12.4. The lowest BCUT2D eigenvalue weighted by Crippen LogP contribution is -2.52. The smallest absolute Gasteiger partial charge is 0.279 e. The fraction of sp³-hybridized carbons (Fsp3) is 0.321. The van der Waals surface area contributed by atoms with Crippen LogP contribution in [0.5, 0.6) is 0 Å². The van der Waals surface area contributed by atoms with Crippen molar-refractivity contribution in [3.8, 4) is 5.69 Å². The molecule has 0 aliphatic carbocycles. The molecule has 7 nitrogen and oxygen atoms in total. The highest BCUT2D eigenvalue weighted by Crippen LogP contribution is 2.36. The van der Waals surface area contributed by atoms with Gasteiger partial charge in [0.2, 0.25) is 5.96 Å². The molecule has 0 bridgehead atoms. The third-order valence-electron chi connectivity index (χ3n) is 6.73. The summed E-state index contributed by atoms with van der Waals surface area (Å²) in [5.74, 6) is 0.269. The van der Waals surface area contributed by atoms with Crippen molar-refractivity contribution in [3.63, 3.8) is 0 Å². The van der Waals surface area contributed by atoms with Crippen LogP contribution < -0.4 is 0 Å². The number of carbonyl (C=O) groups excluding carboxylic acids is 1. The van der Waals surface area contributed by atoms with E-state index in [1.165, 1.54) is 12.1 Å². The lowest BCUT2D eigenvalue weighted by molar-refractivity contribution is -0.125. The summed E-state index contributed by atoms with van der Waals surface area (Å²) >= 11 is 0. The number of benzene rings is 2. The summed E-state index contributed by atoms with van der Waals surface area (Å²) in [6.45, 7) is 6.42. The zero-order chi connectivity index (χ0) is 37.4. The molecule has 2 aliphatic rings. The number of carbonyl (C=O) groups is 1. The minimum Gasteiger partial charge on any atom is -0.341 e. The quantitative estimate of drug-likeness (QED) is 0.189. The van der Waals surface area contributed by atoms with Crippen molar-refractivity contribution >= 4 is 17.9 Å². The fourth-order valence-corrected chi connectivity index (χ4v) is 4.83. The minimum absolute atomic E-state index is 0.124. The summed E-state index contributed by atoms with van der Waals surface area (Å²) in [5, 5.41) is 0. The Morgan fingerprint density at radius 3 is 1.96 bits per heavy atom. The summed E-state index contributed by atoms with van der Waals surface area (Å²) in [5.41, 5.74) is 5.33. The molecule has 2 aliphatic heterocycles. The number of aryl methyl sites for hydroxylation is 2. The van der Waals surface area contributed by atoms with E-state index in [2.05, 4.69) is 20.9 Å². The van der Waals surface area contributed by atoms with Gasteiger partial charge in [-0.3, -0.25) is 9.69 Å². The maximum atomic E-state index is 13.7. The number of aromatic nitrogens is 2. The van der Waals surface area contributed by atoms with Crippen LogP contribution in [0.3, 0.4) is 0 Å². The molecule has 1 saturated heterocycles. The molecule has 1 fully saturated rings. The van der Waals surface area contributed by atoms with Gasteiger partial charge in [0.15, 0.2) is 0 Å². The molecule has 0 radical (unpaired) electrons. The van der Waals surface area contributed by atoms with E-state index < -0.39 is 0 Å². The summed E-state index contributed by atoms with van der Waals surface area (Å²) in [7, 11) is 4.07. The number of likely N-dealkylation sites (N-methyl/N-ethyl adjacent to an activating group) is 1. The molecule has 3 aromatic rings. The molecule has 48 heavy (non-hydrogen) atoms. The van der Waals surface area contributed by atoms with E-state index in [-0.39, 0.29) is 17.8 Å². The SMILES string of the molecule is Cc1cn(-c2ccc(/C=C3\N=C4N(CCN(C)C)CC[C@H](c5ccc(F)cc5)N4C3=O)cc2C)cn1.FF.FF.FF.FF.FF.FF. The van der Waals surface area contributed by atoms with Gasteiger partial charge in [0.1, 0.15) is 11.5 Å². The number of amides is 1. The first-order valence-corrected chi connectivity index (χ1v) is 13.1. The molecule has 0 saturated carbocycles. The van der Waals surface area contributed by atoms with Crippen LogP contribution in [0.1, 0.15) is 34.8 Å². The van der Waals surface area contributed by atoms with Gasteiger partial charge in [0, 0.05) is 86.4 Å². The Kier molecular flexibility index (Phi) is 24.1. The van der Waals surface area contributed by atoms with Gasteiger partial charge in [-0.05, 0) is 81.4 Å². The third kappa shape index (κ3) is 12.5. The Bertz CT molecular complexity index is 1370. The highest BCUT2D eigenvalue weighted by atomic mass is 20.0. The van der Waals surface area contributed by atoms with E-state index in [0.29, 0.717) is 11.7 Å². The molecule has 270 valence electrons. The lowest BCUT2D eigenvalue weighted by Gasteiger charge is -2.40. The Labute approximate surface area is 266 Å². The number of fused-ring (bicyclic) bond motifs is 1. The van der Waals surface area contributed by atoms with Crippen LogP contribution in [0.25, 0.3) is 11.8 Å². The first kappa shape index (κ1) is 45.5. The number of rotatable bonds is 6. The average molecular weight is 715 g/mol. The standard InChI is InChI=1S/C28H31FN6O.6F2/c1-19-15-21(5-10-25(19)34-17-20(2)30-18-34)16-24-27(36)35-26(22-6-8-23(29)9-7-22)11-12-33(28(35)31-24)14-13-32(3)4;6*1-2/h5-10,15-18,26H,11-14H2,1-4H3;;;;;;/b24-16-;;;;;;/t26-;;;;;;/m1....../s1. The van der Waals surface area contributed by atoms with Crippen molar-refractivity contribution in [3.05, 3.63) is 88.9 Å². The molecule has 20 heteroatoms. The van der Waals surface area contributed by atoms with Gasteiger partial charge in [-0.1, -0.05) is 18.2 Å². The molecule has 0 spiro atoms. The number of aliphatic imine (C=N–C) groups is 1. The normalized spacial score (nSPS) is 14.9. The number of hydrogen-bond acceptors (Lipinski definition) is 5. The molecule has 2 aromatic carbocycles. The Hall–Kier alpha value is -4.62. The Morgan fingerprint density at radius 1 is 0.875 bits per heavy atom. The zero-order valence-corrected chi connectivity index (χ0v) is 25.7. The lowest BCUT2D eigenvalue weighted by atomic mass is 9.99. The third-order valence-corrected chi connectivity index (χ3v) is 6.73. The van der Waals surface area contributed by atoms with E-state index in [0.717, 1.165) is 54.1 Å². The van der Waals surface area contributed by atoms with Crippen LogP contribution >= 0.6 is 0 Å². The predicted molar refractivity (Wildman–Crippen MR) is 152 cm³/mol. The van der Waals surface area contributed by atoms with Gasteiger partial charge < -0.3 is 14.4 Å². The first-order chi connectivity index (χ1) is 23.3. The average Bonchev–Trinajstić information content (AvgIpc) is 3.72. The van der Waals surface area contributed by atoms with E-state index >= 15 is 0 Å². The van der Waals surface area contributed by atoms with Crippen LogP contribution in [0, 0.1) is 19.7 Å². The van der Waals surface area contributed by atoms with E-state index in [1.54, 1.807) is 23.4 Å². The number of guanidine groups is 1. The molecule has 5 rings (SSSR count). The molecule has 0 unspecified atom stereocenters. The van der Waals surface area contributed by atoms with Crippen LogP contribution in [0.2, 0.25) is 0 Å². The maximum Gasteiger partial charge on any atom is 0.279 e. The minimum atomic E-state index is -0.283. The van der Waals surface area contributed by atoms with Gasteiger partial charge in [-0.15, -0.1) is 0 Å². The number of imidazole rings is 1. The first-order valence-electron chi connectivity index (χ1n) is 13.1. The molecule has 3 heterocycles. The summed E-state index contributed by atoms with van der Waals surface area (Å²) in [6.07, 6.45) is 6.41. The van der Waals surface area contributed by atoms with Gasteiger partial charge in [0.25, 0.3) is 5.91 Å². The van der Waals surface area contributed by atoms with Gasteiger partial charge in [-0.25, -0.2) is 14.4 Å². The van der Waals surface area contributed by atoms with E-state index in [1.807, 2.05) is 56.9 Å². The van der Waals surface area contributed by atoms with Crippen LogP contribution in [0.15, 0.2) is 65.7 Å². The summed E-state index contributed by atoms with van der Waals surface area (Å²) < 4.78 is 112. The second-order valence-corrected chi connectivity index (χ2v) is 9.73. The van der Waals surface area contributed by atoms with Crippen LogP contribution in [-0.2, 0) is 4.79 Å². The molecular weight excluding hydrogens is 683 g/mol. The molecule has 0 N–H and O–H groups in total. The molecule has 1 aromatic heterocycles. The predicted octanol–water partition coefficient (Wildman–Crippen LogP) is 9.22. The molecular formula is C28H31F13N6O. The largest absolute Gasteiger partial charge is 0.341 e. The Morgan fingerprint density at radius 2 is 1.46 bits per heavy atom. The second-order valence-electron chi connectivity index (χ2n) is 9.73. The zero-order valence-electron chi connectivity index (χ0n) is 25.7. The van der Waals surface area contributed by atoms with Gasteiger partial charge in [0.05, 0.1) is 18.1 Å². The fourth-order valence-electron chi connectivity index (χ4n) is 4.83. The number of halogens is 13. The summed E-state index contributed by atoms with van der Waals surface area (Å²) in [4.78, 5) is 28.9. The number of hydrogen-bond donors (Lipinski definition) is 0. The van der Waals surface area contributed by atoms with Crippen molar-refractivity contribution in [2.75, 3.05) is 33.7 Å². The topological polar surface area (TPSA) is 57.0 Å². The Balaban J connectivity index is 0. The number of nitrogens with zero attached hydrogens (tertiary/aromatic N) is 6. The van der Waals surface area contributed by atoms with Crippen LogP contribution in [0.4, 0.5) is 59.3 Å². The van der Waals surface area contributed by atoms with Crippen molar-refractivity contribution in [1.82, 2.24) is 24.3 Å². The van der Waals surface area contributed by atoms with Crippen molar-refractivity contribution in [2.24, 2.45) is 4.99 Å². The highest BCUT2D eigenvalue weighted by Gasteiger charge is 2.42. The monoisotopic (exact) mass is 714 g/mol.